The maximum atomic E-state index is 15.0. The van der Waals surface area contributed by atoms with Crippen molar-refractivity contribution in [3.8, 4) is 11.4 Å². The van der Waals surface area contributed by atoms with Gasteiger partial charge in [0.25, 0.3) is 17.0 Å². The number of nitrogens with zero attached hydrogens (tertiary/aromatic N) is 4. The highest BCUT2D eigenvalue weighted by atomic mass is 16.2. The van der Waals surface area contributed by atoms with E-state index < -0.39 is 22.4 Å². The summed E-state index contributed by atoms with van der Waals surface area (Å²) in [6.07, 6.45) is 0. The molecule has 0 aliphatic carbocycles. The van der Waals surface area contributed by atoms with Gasteiger partial charge in [-0.3, -0.25) is 24.6 Å². The van der Waals surface area contributed by atoms with E-state index in [4.69, 9.17) is 5.10 Å². The first-order chi connectivity index (χ1) is 21.3. The quantitative estimate of drug-likeness (QED) is 0.265. The fraction of sp³-hybridized carbons (Fsp3) is 0.278. The Balaban J connectivity index is 1.66. The fourth-order valence-corrected chi connectivity index (χ4v) is 6.39. The average molecular weight is 603 g/mol. The van der Waals surface area contributed by atoms with Gasteiger partial charge in [-0.2, -0.15) is 10.1 Å². The topological polar surface area (TPSA) is 108 Å². The van der Waals surface area contributed by atoms with Gasteiger partial charge in [0.1, 0.15) is 0 Å². The largest absolute Gasteiger partial charge is 0.295 e. The van der Waals surface area contributed by atoms with E-state index in [2.05, 4.69) is 10.2 Å². The highest BCUT2D eigenvalue weighted by Gasteiger charge is 2.58. The summed E-state index contributed by atoms with van der Waals surface area (Å²) in [5.41, 5.74) is 7.15. The lowest BCUT2D eigenvalue weighted by Crippen LogP contribution is -2.50. The Labute approximate surface area is 261 Å². The Bertz CT molecular complexity index is 2080. The van der Waals surface area contributed by atoms with Gasteiger partial charge in [-0.25, -0.2) is 9.36 Å². The molecule has 1 aliphatic heterocycles. The average Bonchev–Trinajstić information content (AvgIpc) is 3.56. The third kappa shape index (κ3) is 4.36. The molecule has 5 aromatic rings. The first kappa shape index (κ1) is 29.9. The van der Waals surface area contributed by atoms with E-state index in [1.54, 1.807) is 20.8 Å². The third-order valence-electron chi connectivity index (χ3n) is 9.43. The van der Waals surface area contributed by atoms with E-state index in [0.717, 1.165) is 33.4 Å². The number of hydrogen-bond acceptors (Lipinski definition) is 4. The highest BCUT2D eigenvalue weighted by Crippen LogP contribution is 2.42. The number of aromatic amines is 2. The van der Waals surface area contributed by atoms with Crippen LogP contribution >= 0.6 is 0 Å². The van der Waals surface area contributed by atoms with E-state index in [0.29, 0.717) is 34.2 Å². The number of amides is 1. The molecule has 0 atom stereocenters. The summed E-state index contributed by atoms with van der Waals surface area (Å²) in [6, 6.07) is 17.2. The molecule has 9 heteroatoms. The van der Waals surface area contributed by atoms with Crippen LogP contribution in [0.15, 0.2) is 69.3 Å². The number of carbonyl (C=O) groups excluding carboxylic acids is 1. The van der Waals surface area contributed by atoms with Crippen LogP contribution in [-0.2, 0) is 10.2 Å². The minimum absolute atomic E-state index is 0.171. The van der Waals surface area contributed by atoms with Gasteiger partial charge in [0, 0.05) is 11.4 Å². The third-order valence-corrected chi connectivity index (χ3v) is 9.43. The minimum Gasteiger partial charge on any atom is -0.295 e. The number of carbonyl (C=O) groups is 1. The monoisotopic (exact) mass is 602 g/mol. The Hall–Kier alpha value is -5.18. The summed E-state index contributed by atoms with van der Waals surface area (Å²) >= 11 is 0. The van der Waals surface area contributed by atoms with E-state index in [1.807, 2.05) is 96.1 Å². The van der Waals surface area contributed by atoms with E-state index in [-0.39, 0.29) is 11.1 Å². The van der Waals surface area contributed by atoms with Gasteiger partial charge in [0.05, 0.1) is 33.9 Å². The van der Waals surface area contributed by atoms with Crippen molar-refractivity contribution in [3.05, 3.63) is 131 Å². The number of hydrazone groups is 1. The SMILES string of the molecule is CC1=NN(c2ccc(C)c(C)c2)C(=O)C1(c1c(C)[nH]n(-c2ccc(C)c(C)c2)c1=O)c1c(C)[nH]n(-c2ccc(C)c(C)c2)c1=O. The minimum atomic E-state index is -1.79. The van der Waals surface area contributed by atoms with Gasteiger partial charge < -0.3 is 0 Å². The Morgan fingerprint density at radius 3 is 1.31 bits per heavy atom. The van der Waals surface area contributed by atoms with E-state index in [9.17, 15) is 9.59 Å². The second kappa shape index (κ2) is 10.5. The van der Waals surface area contributed by atoms with Crippen molar-refractivity contribution in [2.24, 2.45) is 5.10 Å². The normalized spacial score (nSPS) is 14.4. The molecule has 45 heavy (non-hydrogen) atoms. The Morgan fingerprint density at radius 2 is 0.911 bits per heavy atom. The molecule has 0 spiro atoms. The molecule has 0 unspecified atom stereocenters. The van der Waals surface area contributed by atoms with E-state index in [1.165, 1.54) is 14.4 Å². The van der Waals surface area contributed by atoms with Crippen LogP contribution in [0.3, 0.4) is 0 Å². The van der Waals surface area contributed by atoms with E-state index >= 15 is 4.79 Å². The Morgan fingerprint density at radius 1 is 0.533 bits per heavy atom. The molecule has 6 rings (SSSR count). The number of hydrogen-bond donors (Lipinski definition) is 2. The van der Waals surface area contributed by atoms with Crippen molar-refractivity contribution in [1.29, 1.82) is 0 Å². The van der Waals surface area contributed by atoms with Gasteiger partial charge >= 0.3 is 0 Å². The van der Waals surface area contributed by atoms with Gasteiger partial charge in [-0.05, 0) is 132 Å². The number of aromatic nitrogens is 4. The molecular formula is C36H38N6O3. The number of anilines is 1. The smallest absolute Gasteiger partial charge is 0.276 e. The van der Waals surface area contributed by atoms with Crippen molar-refractivity contribution in [3.63, 3.8) is 0 Å². The Kier molecular flexibility index (Phi) is 6.95. The summed E-state index contributed by atoms with van der Waals surface area (Å²) in [7, 11) is 0. The summed E-state index contributed by atoms with van der Waals surface area (Å²) < 4.78 is 2.89. The summed E-state index contributed by atoms with van der Waals surface area (Å²) in [5, 5.41) is 12.5. The van der Waals surface area contributed by atoms with Gasteiger partial charge in [-0.1, -0.05) is 18.2 Å². The van der Waals surface area contributed by atoms with Crippen LogP contribution in [0.25, 0.3) is 11.4 Å². The molecule has 1 aliphatic rings. The van der Waals surface area contributed by atoms with Crippen LogP contribution in [0.5, 0.6) is 0 Å². The molecule has 3 aromatic carbocycles. The maximum Gasteiger partial charge on any atom is 0.276 e. The number of rotatable bonds is 5. The van der Waals surface area contributed by atoms with Crippen LogP contribution < -0.4 is 16.1 Å². The number of nitrogens with one attached hydrogen (secondary N) is 2. The molecular weight excluding hydrogens is 564 g/mol. The van der Waals surface area contributed by atoms with Crippen LogP contribution in [0.2, 0.25) is 0 Å². The summed E-state index contributed by atoms with van der Waals surface area (Å²) in [5.74, 6) is -0.485. The van der Waals surface area contributed by atoms with Crippen molar-refractivity contribution >= 4 is 17.3 Å². The van der Waals surface area contributed by atoms with Crippen molar-refractivity contribution in [2.45, 2.75) is 67.7 Å². The second-order valence-corrected chi connectivity index (χ2v) is 12.4. The van der Waals surface area contributed by atoms with Crippen molar-refractivity contribution in [1.82, 2.24) is 19.6 Å². The molecule has 1 amide bonds. The lowest BCUT2D eigenvalue weighted by molar-refractivity contribution is -0.120. The van der Waals surface area contributed by atoms with Gasteiger partial charge in [-0.15, -0.1) is 0 Å². The zero-order valence-corrected chi connectivity index (χ0v) is 27.2. The fourth-order valence-electron chi connectivity index (χ4n) is 6.39. The second-order valence-electron chi connectivity index (χ2n) is 12.4. The lowest BCUT2D eigenvalue weighted by Gasteiger charge is -2.27. The summed E-state index contributed by atoms with van der Waals surface area (Å²) in [4.78, 5) is 44.1. The zero-order valence-electron chi connectivity index (χ0n) is 27.2. The predicted octanol–water partition coefficient (Wildman–Crippen LogP) is 5.82. The standard InChI is InChI=1S/C36H38N6O3/c1-19-10-13-28(16-22(19)4)40-33(43)31(25(7)37-40)36(27(9)39-42(35(36)45)30-15-12-21(3)24(6)18-30)32-26(8)38-41(34(32)44)29-14-11-20(2)23(5)17-29/h10-18,37-38H,1-9H3. The molecule has 0 fully saturated rings. The van der Waals surface area contributed by atoms with Crippen LogP contribution in [0, 0.1) is 55.4 Å². The molecule has 0 bridgehead atoms. The van der Waals surface area contributed by atoms with Crippen LogP contribution in [0.4, 0.5) is 5.69 Å². The molecule has 9 nitrogen and oxygen atoms in total. The van der Waals surface area contributed by atoms with Gasteiger partial charge in [0.2, 0.25) is 0 Å². The first-order valence-electron chi connectivity index (χ1n) is 15.0. The molecule has 2 N–H and O–H groups in total. The summed E-state index contributed by atoms with van der Waals surface area (Å²) in [6.45, 7) is 17.2. The number of aryl methyl sites for hydroxylation is 8. The van der Waals surface area contributed by atoms with Crippen molar-refractivity contribution < 1.29 is 4.79 Å². The molecule has 0 radical (unpaired) electrons. The van der Waals surface area contributed by atoms with Crippen molar-refractivity contribution in [2.75, 3.05) is 5.01 Å². The highest BCUT2D eigenvalue weighted by molar-refractivity contribution is 6.25. The maximum absolute atomic E-state index is 15.0. The molecule has 2 aromatic heterocycles. The number of benzene rings is 3. The molecule has 3 heterocycles. The number of H-pyrrole nitrogens is 2. The molecule has 0 saturated carbocycles. The first-order valence-corrected chi connectivity index (χ1v) is 15.0. The predicted molar refractivity (Wildman–Crippen MR) is 178 cm³/mol. The van der Waals surface area contributed by atoms with Gasteiger partial charge in [0.15, 0.2) is 5.41 Å². The van der Waals surface area contributed by atoms with Crippen LogP contribution in [-0.4, -0.2) is 31.2 Å². The molecule has 0 saturated heterocycles. The zero-order chi connectivity index (χ0) is 32.5. The van der Waals surface area contributed by atoms with Crippen LogP contribution in [0.1, 0.15) is 62.8 Å². The lowest BCUT2D eigenvalue weighted by atomic mass is 9.71. The molecule has 230 valence electrons.